The van der Waals surface area contributed by atoms with E-state index in [1.165, 1.54) is 0 Å². The number of amides is 1. The van der Waals surface area contributed by atoms with Crippen molar-refractivity contribution >= 4 is 5.91 Å². The van der Waals surface area contributed by atoms with Gasteiger partial charge in [-0.15, -0.1) is 0 Å². The molecule has 2 rings (SSSR count). The molecule has 90 valence electrons. The molecule has 1 aromatic heterocycles. The number of hydrogen-bond acceptors (Lipinski definition) is 2. The Labute approximate surface area is 102 Å². The van der Waals surface area contributed by atoms with Crippen molar-refractivity contribution in [2.75, 3.05) is 0 Å². The van der Waals surface area contributed by atoms with Crippen molar-refractivity contribution in [1.82, 2.24) is 10.3 Å². The molecule has 1 aromatic rings. The highest BCUT2D eigenvalue weighted by Crippen LogP contribution is 2.19. The zero-order valence-electron chi connectivity index (χ0n) is 10.1. The summed E-state index contributed by atoms with van der Waals surface area (Å²) in [6.07, 6.45) is 8.94. The fourth-order valence-corrected chi connectivity index (χ4v) is 1.98. The van der Waals surface area contributed by atoms with E-state index in [9.17, 15) is 4.79 Å². The minimum Gasteiger partial charge on any atom is -0.352 e. The van der Waals surface area contributed by atoms with Crippen LogP contribution in [0.25, 0.3) is 0 Å². The number of hydrogen-bond donors (Lipinski definition) is 1. The van der Waals surface area contributed by atoms with E-state index in [2.05, 4.69) is 22.5 Å². The van der Waals surface area contributed by atoms with Crippen molar-refractivity contribution in [1.29, 1.82) is 0 Å². The van der Waals surface area contributed by atoms with E-state index in [0.29, 0.717) is 18.9 Å². The minimum atomic E-state index is 0.127. The monoisotopic (exact) mass is 230 g/mol. The van der Waals surface area contributed by atoms with Crippen LogP contribution < -0.4 is 5.32 Å². The molecule has 0 fully saturated rings. The molecule has 17 heavy (non-hydrogen) atoms. The molecule has 0 bridgehead atoms. The van der Waals surface area contributed by atoms with Crippen LogP contribution in [0.5, 0.6) is 0 Å². The maximum Gasteiger partial charge on any atom is 0.220 e. The van der Waals surface area contributed by atoms with Gasteiger partial charge in [-0.2, -0.15) is 0 Å². The lowest BCUT2D eigenvalue weighted by Gasteiger charge is -2.08. The molecule has 1 aliphatic rings. The summed E-state index contributed by atoms with van der Waals surface area (Å²) in [4.78, 5) is 15.9. The van der Waals surface area contributed by atoms with Gasteiger partial charge in [0.15, 0.2) is 0 Å². The standard InChI is InChI=1S/C14H18N2O/c1-11-6-7-13(9-15-11)10-16-14(17)8-12-4-2-3-5-12/h2,4,6-7,9,12H,3,5,8,10H2,1H3,(H,16,17). The third-order valence-electron chi connectivity index (χ3n) is 3.02. The zero-order valence-corrected chi connectivity index (χ0v) is 10.1. The van der Waals surface area contributed by atoms with Gasteiger partial charge < -0.3 is 5.32 Å². The van der Waals surface area contributed by atoms with Gasteiger partial charge in [0.1, 0.15) is 0 Å². The fourth-order valence-electron chi connectivity index (χ4n) is 1.98. The van der Waals surface area contributed by atoms with Gasteiger partial charge in [-0.05, 0) is 37.3 Å². The van der Waals surface area contributed by atoms with Gasteiger partial charge in [-0.1, -0.05) is 18.2 Å². The second kappa shape index (κ2) is 5.62. The number of nitrogens with one attached hydrogen (secondary N) is 1. The van der Waals surface area contributed by atoms with Gasteiger partial charge >= 0.3 is 0 Å². The maximum atomic E-state index is 11.7. The molecular formula is C14H18N2O. The van der Waals surface area contributed by atoms with Gasteiger partial charge in [-0.25, -0.2) is 0 Å². The first kappa shape index (κ1) is 11.8. The molecule has 0 spiro atoms. The average molecular weight is 230 g/mol. The van der Waals surface area contributed by atoms with Gasteiger partial charge in [0.05, 0.1) is 0 Å². The number of rotatable bonds is 4. The van der Waals surface area contributed by atoms with E-state index >= 15 is 0 Å². The van der Waals surface area contributed by atoms with Crippen molar-refractivity contribution in [2.24, 2.45) is 5.92 Å². The molecule has 1 atom stereocenters. The lowest BCUT2D eigenvalue weighted by atomic mass is 10.1. The third-order valence-corrected chi connectivity index (χ3v) is 3.02. The van der Waals surface area contributed by atoms with Crippen molar-refractivity contribution in [2.45, 2.75) is 32.7 Å². The SMILES string of the molecule is Cc1ccc(CNC(=O)CC2C=CCC2)cn1. The molecule has 1 N–H and O–H groups in total. The van der Waals surface area contributed by atoms with Crippen molar-refractivity contribution in [3.8, 4) is 0 Å². The molecule has 0 radical (unpaired) electrons. The van der Waals surface area contributed by atoms with Crippen molar-refractivity contribution < 1.29 is 4.79 Å². The molecule has 1 amide bonds. The van der Waals surface area contributed by atoms with Crippen molar-refractivity contribution in [3.05, 3.63) is 41.7 Å². The predicted octanol–water partition coefficient (Wildman–Crippen LogP) is 2.36. The lowest BCUT2D eigenvalue weighted by molar-refractivity contribution is -0.121. The second-order valence-electron chi connectivity index (χ2n) is 4.55. The summed E-state index contributed by atoms with van der Waals surface area (Å²) in [6, 6.07) is 3.96. The Morgan fingerprint density at radius 1 is 1.53 bits per heavy atom. The molecular weight excluding hydrogens is 212 g/mol. The average Bonchev–Trinajstić information content (AvgIpc) is 2.81. The van der Waals surface area contributed by atoms with E-state index in [-0.39, 0.29) is 5.91 Å². The summed E-state index contributed by atoms with van der Waals surface area (Å²) in [5, 5.41) is 2.93. The molecule has 0 saturated heterocycles. The number of carbonyl (C=O) groups excluding carboxylic acids is 1. The van der Waals surface area contributed by atoms with Gasteiger partial charge in [0.2, 0.25) is 5.91 Å². The zero-order chi connectivity index (χ0) is 12.1. The van der Waals surface area contributed by atoms with Crippen molar-refractivity contribution in [3.63, 3.8) is 0 Å². The molecule has 0 aromatic carbocycles. The smallest absolute Gasteiger partial charge is 0.220 e. The molecule has 1 heterocycles. The molecule has 1 aliphatic carbocycles. The van der Waals surface area contributed by atoms with E-state index in [1.54, 1.807) is 0 Å². The van der Waals surface area contributed by atoms with Crippen LogP contribution in [0.4, 0.5) is 0 Å². The third kappa shape index (κ3) is 3.70. The van der Waals surface area contributed by atoms with Crippen LogP contribution in [-0.4, -0.2) is 10.9 Å². The Morgan fingerprint density at radius 2 is 2.41 bits per heavy atom. The number of nitrogens with zero attached hydrogens (tertiary/aromatic N) is 1. The Bertz CT molecular complexity index is 409. The quantitative estimate of drug-likeness (QED) is 0.807. The summed E-state index contributed by atoms with van der Waals surface area (Å²) in [7, 11) is 0. The van der Waals surface area contributed by atoms with Crippen LogP contribution in [0, 0.1) is 12.8 Å². The summed E-state index contributed by atoms with van der Waals surface area (Å²) < 4.78 is 0. The van der Waals surface area contributed by atoms with E-state index in [0.717, 1.165) is 24.1 Å². The summed E-state index contributed by atoms with van der Waals surface area (Å²) in [6.45, 7) is 2.53. The number of aromatic nitrogens is 1. The summed E-state index contributed by atoms with van der Waals surface area (Å²) in [5.41, 5.74) is 2.04. The molecule has 0 saturated carbocycles. The normalized spacial score (nSPS) is 18.3. The van der Waals surface area contributed by atoms with Crippen LogP contribution in [0.15, 0.2) is 30.5 Å². The second-order valence-corrected chi connectivity index (χ2v) is 4.55. The Kier molecular flexibility index (Phi) is 3.91. The molecule has 1 unspecified atom stereocenters. The van der Waals surface area contributed by atoms with Crippen LogP contribution >= 0.6 is 0 Å². The highest BCUT2D eigenvalue weighted by molar-refractivity contribution is 5.76. The van der Waals surface area contributed by atoms with Gasteiger partial charge in [-0.3, -0.25) is 9.78 Å². The Balaban J connectivity index is 1.75. The first-order valence-electron chi connectivity index (χ1n) is 6.09. The first-order chi connectivity index (χ1) is 8.24. The predicted molar refractivity (Wildman–Crippen MR) is 67.3 cm³/mol. The minimum absolute atomic E-state index is 0.127. The number of allylic oxidation sites excluding steroid dienone is 2. The highest BCUT2D eigenvalue weighted by atomic mass is 16.1. The first-order valence-corrected chi connectivity index (χ1v) is 6.09. The van der Waals surface area contributed by atoms with Crippen LogP contribution in [0.1, 0.15) is 30.5 Å². The highest BCUT2D eigenvalue weighted by Gasteiger charge is 2.13. The Morgan fingerprint density at radius 3 is 3.06 bits per heavy atom. The summed E-state index contributed by atoms with van der Waals surface area (Å²) in [5.74, 6) is 0.563. The Hall–Kier alpha value is -1.64. The molecule has 3 heteroatoms. The number of pyridine rings is 1. The molecule has 3 nitrogen and oxygen atoms in total. The number of carbonyl (C=O) groups is 1. The largest absolute Gasteiger partial charge is 0.352 e. The van der Waals surface area contributed by atoms with E-state index in [1.807, 2.05) is 25.3 Å². The van der Waals surface area contributed by atoms with Gasteiger partial charge in [0.25, 0.3) is 0 Å². The number of aryl methyl sites for hydroxylation is 1. The fraction of sp³-hybridized carbons (Fsp3) is 0.429. The summed E-state index contributed by atoms with van der Waals surface area (Å²) >= 11 is 0. The topological polar surface area (TPSA) is 42.0 Å². The van der Waals surface area contributed by atoms with Gasteiger partial charge in [0, 0.05) is 24.9 Å². The van der Waals surface area contributed by atoms with E-state index in [4.69, 9.17) is 0 Å². The van der Waals surface area contributed by atoms with Crippen LogP contribution in [0.2, 0.25) is 0 Å². The van der Waals surface area contributed by atoms with E-state index < -0.39 is 0 Å². The molecule has 0 aliphatic heterocycles. The maximum absolute atomic E-state index is 11.7. The van der Waals surface area contributed by atoms with Crippen LogP contribution in [0.3, 0.4) is 0 Å². The lowest BCUT2D eigenvalue weighted by Crippen LogP contribution is -2.24. The van der Waals surface area contributed by atoms with Crippen LogP contribution in [-0.2, 0) is 11.3 Å².